The van der Waals surface area contributed by atoms with E-state index in [1.807, 2.05) is 12.1 Å². The van der Waals surface area contributed by atoms with Gasteiger partial charge in [-0.3, -0.25) is 0 Å². The summed E-state index contributed by atoms with van der Waals surface area (Å²) >= 11 is 0. The van der Waals surface area contributed by atoms with E-state index < -0.39 is 0 Å². The monoisotopic (exact) mass is 269 g/mol. The standard InChI is InChI=1S/C16H19N3O/c1-20-15-10-9-13(17)16(18-15)19-11-5-8-14(19)12-6-3-2-4-7-12/h2-4,6-7,9-10,14H,5,8,11,17H2,1H3. The van der Waals surface area contributed by atoms with E-state index in [0.717, 1.165) is 25.2 Å². The number of anilines is 2. The van der Waals surface area contributed by atoms with Gasteiger partial charge < -0.3 is 15.4 Å². The molecule has 1 aromatic carbocycles. The lowest BCUT2D eigenvalue weighted by Gasteiger charge is -2.27. The van der Waals surface area contributed by atoms with Crippen molar-refractivity contribution in [3.63, 3.8) is 0 Å². The predicted octanol–water partition coefficient (Wildman–Crippen LogP) is 3.01. The highest BCUT2D eigenvalue weighted by molar-refractivity contribution is 5.65. The molecule has 4 heteroatoms. The van der Waals surface area contributed by atoms with E-state index in [0.29, 0.717) is 17.6 Å². The summed E-state index contributed by atoms with van der Waals surface area (Å²) in [6.07, 6.45) is 2.28. The van der Waals surface area contributed by atoms with Crippen molar-refractivity contribution in [2.24, 2.45) is 0 Å². The van der Waals surface area contributed by atoms with E-state index in [2.05, 4.69) is 34.1 Å². The van der Waals surface area contributed by atoms with E-state index in [1.54, 1.807) is 13.2 Å². The summed E-state index contributed by atoms with van der Waals surface area (Å²) in [5.74, 6) is 1.43. The highest BCUT2D eigenvalue weighted by atomic mass is 16.5. The fourth-order valence-corrected chi connectivity index (χ4v) is 2.83. The Bertz CT molecular complexity index is 586. The molecule has 104 valence electrons. The van der Waals surface area contributed by atoms with Gasteiger partial charge in [0, 0.05) is 12.6 Å². The summed E-state index contributed by atoms with van der Waals surface area (Å²) in [6, 6.07) is 14.5. The summed E-state index contributed by atoms with van der Waals surface area (Å²) in [6.45, 7) is 0.976. The average Bonchev–Trinajstić information content (AvgIpc) is 2.98. The molecule has 1 saturated heterocycles. The minimum atomic E-state index is 0.345. The number of pyridine rings is 1. The number of hydrogen-bond acceptors (Lipinski definition) is 4. The molecule has 2 aromatic rings. The smallest absolute Gasteiger partial charge is 0.215 e. The van der Waals surface area contributed by atoms with Crippen LogP contribution in [-0.4, -0.2) is 18.6 Å². The fourth-order valence-electron chi connectivity index (χ4n) is 2.83. The Labute approximate surface area is 119 Å². The van der Waals surface area contributed by atoms with Gasteiger partial charge in [-0.05, 0) is 24.5 Å². The minimum Gasteiger partial charge on any atom is -0.481 e. The number of benzene rings is 1. The molecule has 1 fully saturated rings. The van der Waals surface area contributed by atoms with Crippen LogP contribution in [0.25, 0.3) is 0 Å². The van der Waals surface area contributed by atoms with Crippen molar-refractivity contribution >= 4 is 11.5 Å². The van der Waals surface area contributed by atoms with Crippen LogP contribution in [0.15, 0.2) is 42.5 Å². The Hall–Kier alpha value is -2.23. The summed E-state index contributed by atoms with van der Waals surface area (Å²) in [4.78, 5) is 6.81. The highest BCUT2D eigenvalue weighted by Crippen LogP contribution is 2.38. The van der Waals surface area contributed by atoms with Crippen molar-refractivity contribution in [1.29, 1.82) is 0 Å². The Morgan fingerprint density at radius 3 is 2.75 bits per heavy atom. The van der Waals surface area contributed by atoms with Crippen molar-refractivity contribution in [3.8, 4) is 5.88 Å². The highest BCUT2D eigenvalue weighted by Gasteiger charge is 2.28. The van der Waals surface area contributed by atoms with Crippen LogP contribution in [0.1, 0.15) is 24.4 Å². The van der Waals surface area contributed by atoms with E-state index >= 15 is 0 Å². The molecule has 0 bridgehead atoms. The minimum absolute atomic E-state index is 0.345. The maximum atomic E-state index is 6.10. The largest absolute Gasteiger partial charge is 0.481 e. The molecule has 0 amide bonds. The lowest BCUT2D eigenvalue weighted by atomic mass is 10.0. The zero-order valence-corrected chi connectivity index (χ0v) is 11.6. The van der Waals surface area contributed by atoms with Crippen molar-refractivity contribution in [1.82, 2.24) is 4.98 Å². The first kappa shape index (κ1) is 12.8. The van der Waals surface area contributed by atoms with Gasteiger partial charge in [0.25, 0.3) is 0 Å². The molecule has 1 unspecified atom stereocenters. The first-order valence-corrected chi connectivity index (χ1v) is 6.91. The molecule has 0 spiro atoms. The summed E-state index contributed by atoms with van der Waals surface area (Å²) in [7, 11) is 1.63. The number of nitrogens with two attached hydrogens (primary N) is 1. The van der Waals surface area contributed by atoms with E-state index in [1.165, 1.54) is 5.56 Å². The van der Waals surface area contributed by atoms with Crippen molar-refractivity contribution in [3.05, 3.63) is 48.0 Å². The number of rotatable bonds is 3. The van der Waals surface area contributed by atoms with Crippen LogP contribution in [0.5, 0.6) is 5.88 Å². The van der Waals surface area contributed by atoms with E-state index in [-0.39, 0.29) is 0 Å². The third-order valence-electron chi connectivity index (χ3n) is 3.80. The Kier molecular flexibility index (Phi) is 3.46. The van der Waals surface area contributed by atoms with Crippen LogP contribution in [-0.2, 0) is 0 Å². The van der Waals surface area contributed by atoms with Gasteiger partial charge in [-0.1, -0.05) is 30.3 Å². The quantitative estimate of drug-likeness (QED) is 0.930. The molecule has 4 nitrogen and oxygen atoms in total. The Morgan fingerprint density at radius 1 is 1.20 bits per heavy atom. The van der Waals surface area contributed by atoms with Crippen LogP contribution in [0, 0.1) is 0 Å². The first-order chi connectivity index (χ1) is 9.79. The van der Waals surface area contributed by atoms with E-state index in [4.69, 9.17) is 10.5 Å². The van der Waals surface area contributed by atoms with Crippen molar-refractivity contribution in [2.45, 2.75) is 18.9 Å². The Balaban J connectivity index is 1.96. The van der Waals surface area contributed by atoms with Gasteiger partial charge in [-0.15, -0.1) is 0 Å². The van der Waals surface area contributed by atoms with Crippen molar-refractivity contribution in [2.75, 3.05) is 24.3 Å². The van der Waals surface area contributed by atoms with Gasteiger partial charge in [-0.2, -0.15) is 4.98 Å². The molecule has 2 N–H and O–H groups in total. The van der Waals surface area contributed by atoms with E-state index in [9.17, 15) is 0 Å². The van der Waals surface area contributed by atoms with Crippen LogP contribution < -0.4 is 15.4 Å². The lowest BCUT2D eigenvalue weighted by molar-refractivity contribution is 0.398. The van der Waals surface area contributed by atoms with Gasteiger partial charge in [0.15, 0.2) is 5.82 Å². The number of aromatic nitrogens is 1. The first-order valence-electron chi connectivity index (χ1n) is 6.91. The molecule has 0 aliphatic carbocycles. The SMILES string of the molecule is COc1ccc(N)c(N2CCCC2c2ccccc2)n1. The van der Waals surface area contributed by atoms with Gasteiger partial charge in [-0.25, -0.2) is 0 Å². The number of methoxy groups -OCH3 is 1. The molecule has 1 aliphatic rings. The average molecular weight is 269 g/mol. The molecule has 20 heavy (non-hydrogen) atoms. The maximum absolute atomic E-state index is 6.10. The Morgan fingerprint density at radius 2 is 2.00 bits per heavy atom. The van der Waals surface area contributed by atoms with Crippen LogP contribution in [0.3, 0.4) is 0 Å². The number of ether oxygens (including phenoxy) is 1. The second kappa shape index (κ2) is 5.41. The van der Waals surface area contributed by atoms with Crippen LogP contribution in [0.4, 0.5) is 11.5 Å². The lowest BCUT2D eigenvalue weighted by Crippen LogP contribution is -2.24. The molecule has 0 radical (unpaired) electrons. The zero-order valence-electron chi connectivity index (χ0n) is 11.6. The van der Waals surface area contributed by atoms with Gasteiger partial charge in [0.05, 0.1) is 18.8 Å². The molecule has 3 rings (SSSR count). The summed E-state index contributed by atoms with van der Waals surface area (Å²) in [5, 5.41) is 0. The topological polar surface area (TPSA) is 51.4 Å². The summed E-state index contributed by atoms with van der Waals surface area (Å²) < 4.78 is 5.22. The molecular weight excluding hydrogens is 250 g/mol. The normalized spacial score (nSPS) is 18.2. The second-order valence-corrected chi connectivity index (χ2v) is 5.03. The number of nitrogen functional groups attached to an aromatic ring is 1. The van der Waals surface area contributed by atoms with Gasteiger partial charge >= 0.3 is 0 Å². The molecule has 0 saturated carbocycles. The second-order valence-electron chi connectivity index (χ2n) is 5.03. The third kappa shape index (κ3) is 2.29. The molecule has 1 aliphatic heterocycles. The van der Waals surface area contributed by atoms with Crippen LogP contribution >= 0.6 is 0 Å². The third-order valence-corrected chi connectivity index (χ3v) is 3.80. The molecule has 2 heterocycles. The molecular formula is C16H19N3O. The zero-order chi connectivity index (χ0) is 13.9. The van der Waals surface area contributed by atoms with Gasteiger partial charge in [0.1, 0.15) is 0 Å². The number of nitrogens with zero attached hydrogens (tertiary/aromatic N) is 2. The molecule has 1 atom stereocenters. The molecule has 1 aromatic heterocycles. The predicted molar refractivity (Wildman–Crippen MR) is 81.0 cm³/mol. The summed E-state index contributed by atoms with van der Waals surface area (Å²) in [5.41, 5.74) is 8.12. The fraction of sp³-hybridized carbons (Fsp3) is 0.312. The van der Waals surface area contributed by atoms with Gasteiger partial charge in [0.2, 0.25) is 5.88 Å². The maximum Gasteiger partial charge on any atom is 0.215 e. The van der Waals surface area contributed by atoms with Crippen molar-refractivity contribution < 1.29 is 4.74 Å². The van der Waals surface area contributed by atoms with Crippen LogP contribution in [0.2, 0.25) is 0 Å². The number of hydrogen-bond donors (Lipinski definition) is 1.